The molecule has 2 aliphatic rings. The number of fused-ring (bicyclic) bond motifs is 1. The molecule has 1 unspecified atom stereocenters. The summed E-state index contributed by atoms with van der Waals surface area (Å²) in [7, 11) is 0. The molecule has 3 rings (SSSR count). The predicted molar refractivity (Wildman–Crippen MR) is 68.8 cm³/mol. The van der Waals surface area contributed by atoms with Crippen LogP contribution in [0.25, 0.3) is 0 Å². The van der Waals surface area contributed by atoms with Crippen molar-refractivity contribution in [3.05, 3.63) is 41.9 Å². The maximum absolute atomic E-state index is 3.46. The van der Waals surface area contributed by atoms with Crippen LogP contribution in [0.15, 0.2) is 30.3 Å². The SMILES string of the molecule is CC1CNN2CCN(Cc3ccccc3)C[C]12. The first kappa shape index (κ1) is 11.2. The van der Waals surface area contributed by atoms with Gasteiger partial charge in [-0.05, 0) is 11.5 Å². The van der Waals surface area contributed by atoms with Crippen LogP contribution in [0.4, 0.5) is 0 Å². The average Bonchev–Trinajstić information content (AvgIpc) is 2.73. The minimum Gasteiger partial charge on any atom is -0.296 e. The summed E-state index contributed by atoms with van der Waals surface area (Å²) >= 11 is 0. The lowest BCUT2D eigenvalue weighted by atomic mass is 10.0. The van der Waals surface area contributed by atoms with Gasteiger partial charge in [-0.3, -0.25) is 10.3 Å². The van der Waals surface area contributed by atoms with Crippen molar-refractivity contribution in [2.45, 2.75) is 13.5 Å². The number of hydrogen-bond donors (Lipinski definition) is 1. The van der Waals surface area contributed by atoms with Gasteiger partial charge in [-0.1, -0.05) is 37.3 Å². The largest absolute Gasteiger partial charge is 0.296 e. The normalized spacial score (nSPS) is 27.2. The minimum atomic E-state index is 0.688. The predicted octanol–water partition coefficient (Wildman–Crippen LogP) is 1.49. The number of piperazine rings is 1. The summed E-state index contributed by atoms with van der Waals surface area (Å²) in [5.74, 6) is 0.688. The van der Waals surface area contributed by atoms with Crippen LogP contribution in [0.3, 0.4) is 0 Å². The smallest absolute Gasteiger partial charge is 0.0731 e. The Bertz CT molecular complexity index is 365. The number of nitrogens with zero attached hydrogens (tertiary/aromatic N) is 2. The second kappa shape index (κ2) is 4.77. The lowest BCUT2D eigenvalue weighted by Crippen LogP contribution is -2.49. The van der Waals surface area contributed by atoms with Gasteiger partial charge in [0, 0.05) is 32.7 Å². The van der Waals surface area contributed by atoms with Gasteiger partial charge in [0.1, 0.15) is 0 Å². The van der Waals surface area contributed by atoms with E-state index in [0.29, 0.717) is 5.92 Å². The molecule has 0 bridgehead atoms. The Kier molecular flexibility index (Phi) is 3.14. The highest BCUT2D eigenvalue weighted by atomic mass is 15.6. The first-order chi connectivity index (χ1) is 8.33. The van der Waals surface area contributed by atoms with Gasteiger partial charge in [0.2, 0.25) is 0 Å². The molecular formula is C14H20N3. The molecule has 17 heavy (non-hydrogen) atoms. The molecule has 3 nitrogen and oxygen atoms in total. The highest BCUT2D eigenvalue weighted by Crippen LogP contribution is 2.27. The topological polar surface area (TPSA) is 18.5 Å². The molecule has 3 heteroatoms. The monoisotopic (exact) mass is 230 g/mol. The van der Waals surface area contributed by atoms with Crippen LogP contribution in [0, 0.1) is 12.0 Å². The van der Waals surface area contributed by atoms with Gasteiger partial charge in [-0.15, -0.1) is 0 Å². The molecule has 1 radical (unpaired) electrons. The molecule has 1 atom stereocenters. The number of nitrogens with one attached hydrogen (secondary N) is 1. The molecule has 0 aromatic heterocycles. The van der Waals surface area contributed by atoms with E-state index in [2.05, 4.69) is 52.6 Å². The summed E-state index contributed by atoms with van der Waals surface area (Å²) < 4.78 is 0. The minimum absolute atomic E-state index is 0.688. The third-order valence-electron chi connectivity index (χ3n) is 3.78. The van der Waals surface area contributed by atoms with Crippen LogP contribution in [-0.4, -0.2) is 36.1 Å². The van der Waals surface area contributed by atoms with E-state index in [1.54, 1.807) is 6.04 Å². The molecule has 2 fully saturated rings. The molecule has 1 N–H and O–H groups in total. The maximum atomic E-state index is 3.46. The standard InChI is InChI=1S/C14H20N3/c1-12-9-15-17-8-7-16(11-14(12)17)10-13-5-3-2-4-6-13/h2-6,12,15H,7-11H2,1H3. The lowest BCUT2D eigenvalue weighted by Gasteiger charge is -2.37. The second-order valence-corrected chi connectivity index (χ2v) is 5.10. The van der Waals surface area contributed by atoms with Gasteiger partial charge < -0.3 is 0 Å². The van der Waals surface area contributed by atoms with E-state index in [9.17, 15) is 0 Å². The highest BCUT2D eigenvalue weighted by Gasteiger charge is 2.36. The van der Waals surface area contributed by atoms with Crippen LogP contribution in [0.2, 0.25) is 0 Å². The van der Waals surface area contributed by atoms with Gasteiger partial charge in [0.15, 0.2) is 0 Å². The molecule has 0 aliphatic carbocycles. The van der Waals surface area contributed by atoms with Gasteiger partial charge in [-0.25, -0.2) is 5.01 Å². The number of hydrazine groups is 1. The van der Waals surface area contributed by atoms with Crippen LogP contribution < -0.4 is 5.43 Å². The van der Waals surface area contributed by atoms with Crippen LogP contribution in [0.5, 0.6) is 0 Å². The molecule has 1 aromatic carbocycles. The van der Waals surface area contributed by atoms with Crippen molar-refractivity contribution >= 4 is 0 Å². The zero-order chi connectivity index (χ0) is 11.7. The molecule has 91 valence electrons. The van der Waals surface area contributed by atoms with Crippen LogP contribution >= 0.6 is 0 Å². The molecule has 0 amide bonds. The molecule has 2 heterocycles. The summed E-state index contributed by atoms with van der Waals surface area (Å²) in [4.78, 5) is 2.55. The van der Waals surface area contributed by atoms with E-state index >= 15 is 0 Å². The fraction of sp³-hybridized carbons (Fsp3) is 0.500. The van der Waals surface area contributed by atoms with Crippen molar-refractivity contribution in [2.75, 3.05) is 26.2 Å². The first-order valence-electron chi connectivity index (χ1n) is 6.46. The first-order valence-corrected chi connectivity index (χ1v) is 6.46. The van der Waals surface area contributed by atoms with Gasteiger partial charge in [0.25, 0.3) is 0 Å². The highest BCUT2D eigenvalue weighted by molar-refractivity contribution is 5.15. The van der Waals surface area contributed by atoms with Crippen molar-refractivity contribution in [1.29, 1.82) is 0 Å². The van der Waals surface area contributed by atoms with E-state index < -0.39 is 0 Å². The van der Waals surface area contributed by atoms with Gasteiger partial charge >= 0.3 is 0 Å². The molecule has 1 aromatic rings. The van der Waals surface area contributed by atoms with Crippen molar-refractivity contribution in [3.8, 4) is 0 Å². The quantitative estimate of drug-likeness (QED) is 0.830. The number of benzene rings is 1. The van der Waals surface area contributed by atoms with Crippen molar-refractivity contribution in [2.24, 2.45) is 5.92 Å². The second-order valence-electron chi connectivity index (χ2n) is 5.10. The van der Waals surface area contributed by atoms with Crippen molar-refractivity contribution in [1.82, 2.24) is 15.3 Å². The number of hydrogen-bond acceptors (Lipinski definition) is 3. The maximum Gasteiger partial charge on any atom is 0.0731 e. The van der Waals surface area contributed by atoms with E-state index in [4.69, 9.17) is 0 Å². The number of rotatable bonds is 2. The summed E-state index contributed by atoms with van der Waals surface area (Å²) in [5.41, 5.74) is 4.88. The molecule has 0 spiro atoms. The zero-order valence-corrected chi connectivity index (χ0v) is 10.4. The summed E-state index contributed by atoms with van der Waals surface area (Å²) in [6.07, 6.45) is 0. The average molecular weight is 230 g/mol. The van der Waals surface area contributed by atoms with Gasteiger partial charge in [-0.2, -0.15) is 0 Å². The fourth-order valence-corrected chi connectivity index (χ4v) is 2.72. The third kappa shape index (κ3) is 2.37. The van der Waals surface area contributed by atoms with E-state index in [1.807, 2.05) is 0 Å². The molecule has 2 saturated heterocycles. The Morgan fingerprint density at radius 3 is 2.88 bits per heavy atom. The summed E-state index contributed by atoms with van der Waals surface area (Å²) in [6.45, 7) is 7.88. The molecule has 0 saturated carbocycles. The summed E-state index contributed by atoms with van der Waals surface area (Å²) in [6, 6.07) is 12.3. The fourth-order valence-electron chi connectivity index (χ4n) is 2.72. The van der Waals surface area contributed by atoms with Crippen molar-refractivity contribution in [3.63, 3.8) is 0 Å². The lowest BCUT2D eigenvalue weighted by molar-refractivity contribution is 0.115. The molecule has 2 aliphatic heterocycles. The van der Waals surface area contributed by atoms with Crippen molar-refractivity contribution < 1.29 is 0 Å². The van der Waals surface area contributed by atoms with Crippen LogP contribution in [0.1, 0.15) is 12.5 Å². The Morgan fingerprint density at radius 2 is 2.06 bits per heavy atom. The van der Waals surface area contributed by atoms with E-state index in [-0.39, 0.29) is 0 Å². The van der Waals surface area contributed by atoms with Crippen LogP contribution in [-0.2, 0) is 6.54 Å². The third-order valence-corrected chi connectivity index (χ3v) is 3.78. The summed E-state index contributed by atoms with van der Waals surface area (Å²) in [5, 5.41) is 2.35. The van der Waals surface area contributed by atoms with E-state index in [1.165, 1.54) is 5.56 Å². The Hall–Kier alpha value is -0.900. The molecular weight excluding hydrogens is 210 g/mol. The Morgan fingerprint density at radius 1 is 1.24 bits per heavy atom. The van der Waals surface area contributed by atoms with Gasteiger partial charge in [0.05, 0.1) is 6.04 Å². The Labute approximate surface area is 103 Å². The Balaban J connectivity index is 1.62. The zero-order valence-electron chi connectivity index (χ0n) is 10.4. The van der Waals surface area contributed by atoms with E-state index in [0.717, 1.165) is 32.7 Å².